The number of unbranched alkanes of at least 4 members (excludes halogenated alkanes) is 1. The van der Waals surface area contributed by atoms with Crippen LogP contribution in [0.4, 0.5) is 17.8 Å². The smallest absolute Gasteiger partial charge is 0.326 e. The largest absolute Gasteiger partial charge is 0.480 e. The van der Waals surface area contributed by atoms with E-state index in [1.54, 1.807) is 12.1 Å². The Morgan fingerprint density at radius 2 is 1.47 bits per heavy atom. The Morgan fingerprint density at radius 1 is 0.868 bits per heavy atom. The fourth-order valence-electron chi connectivity index (χ4n) is 3.31. The predicted octanol–water partition coefficient (Wildman–Crippen LogP) is 2.87. The lowest BCUT2D eigenvalue weighted by Gasteiger charge is -2.17. The third kappa shape index (κ3) is 12.6. The van der Waals surface area contributed by atoms with Crippen LogP contribution < -0.4 is 21.3 Å². The molecule has 0 saturated carbocycles. The third-order valence-corrected chi connectivity index (χ3v) is 5.23. The van der Waals surface area contributed by atoms with E-state index < -0.39 is 12.0 Å². The first kappa shape index (κ1) is 30.7. The van der Waals surface area contributed by atoms with Gasteiger partial charge in [0.25, 0.3) is 5.91 Å². The minimum atomic E-state index is -0.955. The lowest BCUT2D eigenvalue weighted by atomic mass is 10.0. The van der Waals surface area contributed by atoms with E-state index in [-0.39, 0.29) is 17.8 Å². The van der Waals surface area contributed by atoms with Crippen LogP contribution in [0.25, 0.3) is 0 Å². The highest BCUT2D eigenvalue weighted by Gasteiger charge is 2.20. The number of anilines is 3. The fourth-order valence-corrected chi connectivity index (χ4v) is 3.31. The molecule has 0 aliphatic carbocycles. The van der Waals surface area contributed by atoms with E-state index in [1.165, 1.54) is 0 Å². The lowest BCUT2D eigenvalue weighted by Crippen LogP contribution is -2.32. The summed E-state index contributed by atoms with van der Waals surface area (Å²) in [6, 6.07) is 8.22. The second-order valence-corrected chi connectivity index (χ2v) is 9.02. The number of benzene rings is 1. The van der Waals surface area contributed by atoms with Crippen molar-refractivity contribution in [2.45, 2.75) is 46.1 Å². The lowest BCUT2D eigenvalue weighted by molar-refractivity contribution is -0.138. The number of carbonyl (C=O) groups is 2. The molecule has 1 amide bonds. The van der Waals surface area contributed by atoms with Gasteiger partial charge in [-0.15, -0.1) is 0 Å². The van der Waals surface area contributed by atoms with E-state index in [2.05, 4.69) is 43.1 Å². The quantitative estimate of drug-likeness (QED) is 0.160. The highest BCUT2D eigenvalue weighted by atomic mass is 16.5. The molecule has 1 atom stereocenters. The minimum absolute atomic E-state index is 0.129. The Bertz CT molecular complexity index is 962. The van der Waals surface area contributed by atoms with Gasteiger partial charge in [0, 0.05) is 25.2 Å². The topological polar surface area (TPSA) is 160 Å². The molecule has 1 heterocycles. The minimum Gasteiger partial charge on any atom is -0.480 e. The van der Waals surface area contributed by atoms with Crippen LogP contribution in [0.1, 0.15) is 50.4 Å². The molecule has 0 saturated heterocycles. The van der Waals surface area contributed by atoms with Gasteiger partial charge in [-0.2, -0.15) is 15.0 Å². The molecule has 1 aromatic heterocycles. The van der Waals surface area contributed by atoms with Gasteiger partial charge in [0.05, 0.1) is 26.4 Å². The van der Waals surface area contributed by atoms with Crippen molar-refractivity contribution >= 4 is 29.7 Å². The SMILES string of the molecule is CCCCNc1nc(NCCOCCOCCNC(=O)c2ccccc2)nc(N[C@@H](CC(C)C)C(=O)O)n1. The zero-order valence-corrected chi connectivity index (χ0v) is 22.5. The summed E-state index contributed by atoms with van der Waals surface area (Å²) in [5, 5.41) is 21.5. The second-order valence-electron chi connectivity index (χ2n) is 9.02. The van der Waals surface area contributed by atoms with Crippen molar-refractivity contribution in [1.29, 1.82) is 0 Å². The molecule has 0 aliphatic heterocycles. The van der Waals surface area contributed by atoms with Gasteiger partial charge in [-0.1, -0.05) is 45.4 Å². The van der Waals surface area contributed by atoms with Gasteiger partial charge in [0.2, 0.25) is 17.8 Å². The van der Waals surface area contributed by atoms with Crippen molar-refractivity contribution in [3.8, 4) is 0 Å². The summed E-state index contributed by atoms with van der Waals surface area (Å²) < 4.78 is 11.1. The number of rotatable bonds is 20. The van der Waals surface area contributed by atoms with Gasteiger partial charge in [0.15, 0.2) is 0 Å². The van der Waals surface area contributed by atoms with E-state index >= 15 is 0 Å². The molecular weight excluding hydrogens is 490 g/mol. The predicted molar refractivity (Wildman–Crippen MR) is 147 cm³/mol. The first-order valence-electron chi connectivity index (χ1n) is 13.1. The molecular formula is C26H41N7O5. The number of carbonyl (C=O) groups excluding carboxylic acids is 1. The highest BCUT2D eigenvalue weighted by molar-refractivity contribution is 5.94. The number of carboxylic acids is 1. The van der Waals surface area contributed by atoms with E-state index in [0.29, 0.717) is 69.9 Å². The summed E-state index contributed by atoms with van der Waals surface area (Å²) in [4.78, 5) is 36.7. The Kier molecular flexibility index (Phi) is 14.4. The van der Waals surface area contributed by atoms with Gasteiger partial charge in [-0.05, 0) is 30.9 Å². The van der Waals surface area contributed by atoms with Crippen LogP contribution in [0.5, 0.6) is 0 Å². The Hall–Kier alpha value is -3.51. The molecule has 2 rings (SSSR count). The second kappa shape index (κ2) is 17.9. The zero-order valence-electron chi connectivity index (χ0n) is 22.5. The van der Waals surface area contributed by atoms with Crippen molar-refractivity contribution in [2.75, 3.05) is 62.0 Å². The van der Waals surface area contributed by atoms with Crippen LogP contribution in [-0.4, -0.2) is 84.0 Å². The molecule has 0 fully saturated rings. The molecule has 12 nitrogen and oxygen atoms in total. The van der Waals surface area contributed by atoms with E-state index in [9.17, 15) is 14.7 Å². The van der Waals surface area contributed by atoms with E-state index in [4.69, 9.17) is 9.47 Å². The van der Waals surface area contributed by atoms with Crippen LogP contribution in [0, 0.1) is 5.92 Å². The average Bonchev–Trinajstić information content (AvgIpc) is 2.89. The average molecular weight is 532 g/mol. The monoisotopic (exact) mass is 531 g/mol. The summed E-state index contributed by atoms with van der Waals surface area (Å²) >= 11 is 0. The van der Waals surface area contributed by atoms with Crippen LogP contribution in [0.15, 0.2) is 30.3 Å². The van der Waals surface area contributed by atoms with Gasteiger partial charge in [-0.25, -0.2) is 4.79 Å². The van der Waals surface area contributed by atoms with Crippen molar-refractivity contribution in [2.24, 2.45) is 5.92 Å². The maximum atomic E-state index is 12.0. The summed E-state index contributed by atoms with van der Waals surface area (Å²) in [5.41, 5.74) is 0.616. The number of carboxylic acid groups (broad SMARTS) is 1. The highest BCUT2D eigenvalue weighted by Crippen LogP contribution is 2.14. The van der Waals surface area contributed by atoms with Crippen LogP contribution in [0.2, 0.25) is 0 Å². The van der Waals surface area contributed by atoms with E-state index in [1.807, 2.05) is 32.0 Å². The molecule has 38 heavy (non-hydrogen) atoms. The molecule has 1 aromatic carbocycles. The number of nitrogens with zero attached hydrogens (tertiary/aromatic N) is 3. The van der Waals surface area contributed by atoms with Crippen molar-refractivity contribution in [3.05, 3.63) is 35.9 Å². The Labute approximate surface area is 224 Å². The molecule has 5 N–H and O–H groups in total. The summed E-state index contributed by atoms with van der Waals surface area (Å²) in [6.45, 7) is 9.17. The van der Waals surface area contributed by atoms with Gasteiger partial charge < -0.3 is 35.8 Å². The number of nitrogens with one attached hydrogen (secondary N) is 4. The van der Waals surface area contributed by atoms with Crippen LogP contribution in [0.3, 0.4) is 0 Å². The van der Waals surface area contributed by atoms with Crippen LogP contribution >= 0.6 is 0 Å². The third-order valence-electron chi connectivity index (χ3n) is 5.23. The Morgan fingerprint density at radius 3 is 2.08 bits per heavy atom. The van der Waals surface area contributed by atoms with Gasteiger partial charge in [-0.3, -0.25) is 4.79 Å². The van der Waals surface area contributed by atoms with Gasteiger partial charge >= 0.3 is 5.97 Å². The summed E-state index contributed by atoms with van der Waals surface area (Å²) in [7, 11) is 0. The molecule has 210 valence electrons. The first-order valence-corrected chi connectivity index (χ1v) is 13.1. The standard InChI is InChI=1S/C26H41N7O5/c1-4-5-11-28-24-31-25(33-26(32-24)30-21(23(35)36)18-19(2)3)29-13-15-38-17-16-37-14-12-27-22(34)20-9-7-6-8-10-20/h6-10,19,21H,4-5,11-18H2,1-3H3,(H,27,34)(H,35,36)(H3,28,29,30,31,32,33)/t21-/m0/s1. The maximum absolute atomic E-state index is 12.0. The number of ether oxygens (including phenoxy) is 2. The first-order chi connectivity index (χ1) is 18.4. The van der Waals surface area contributed by atoms with E-state index in [0.717, 1.165) is 12.8 Å². The number of hydrogen-bond donors (Lipinski definition) is 5. The number of aromatic nitrogens is 3. The number of amides is 1. The van der Waals surface area contributed by atoms with Crippen LogP contribution in [-0.2, 0) is 14.3 Å². The summed E-state index contributed by atoms with van der Waals surface area (Å²) in [6.07, 6.45) is 2.42. The molecule has 0 radical (unpaired) electrons. The van der Waals surface area contributed by atoms with Gasteiger partial charge in [0.1, 0.15) is 6.04 Å². The molecule has 0 spiro atoms. The molecule has 2 aromatic rings. The molecule has 0 bridgehead atoms. The normalized spacial score (nSPS) is 11.7. The van der Waals surface area contributed by atoms with Crippen molar-refractivity contribution < 1.29 is 24.2 Å². The fraction of sp³-hybridized carbons (Fsp3) is 0.577. The van der Waals surface area contributed by atoms with Crippen molar-refractivity contribution in [3.63, 3.8) is 0 Å². The Balaban J connectivity index is 1.71. The zero-order chi connectivity index (χ0) is 27.6. The number of hydrogen-bond acceptors (Lipinski definition) is 10. The number of aliphatic carboxylic acids is 1. The molecule has 0 aliphatic rings. The summed E-state index contributed by atoms with van der Waals surface area (Å²) in [5.74, 6) is 0.00576. The maximum Gasteiger partial charge on any atom is 0.326 e. The van der Waals surface area contributed by atoms with Crippen molar-refractivity contribution in [1.82, 2.24) is 20.3 Å². The molecule has 0 unspecified atom stereocenters. The molecule has 12 heteroatoms.